The minimum atomic E-state index is -0.541. The van der Waals surface area contributed by atoms with Crippen LogP contribution in [-0.4, -0.2) is 54.2 Å². The second-order valence-corrected chi connectivity index (χ2v) is 10.4. The molecule has 1 aromatic heterocycles. The van der Waals surface area contributed by atoms with Gasteiger partial charge in [0, 0.05) is 28.8 Å². The highest BCUT2D eigenvalue weighted by atomic mass is 32.1. The molecule has 1 fully saturated rings. The number of nitrogens with one attached hydrogen (secondary N) is 3. The Labute approximate surface area is 239 Å². The van der Waals surface area contributed by atoms with Crippen LogP contribution in [0.3, 0.4) is 0 Å². The summed E-state index contributed by atoms with van der Waals surface area (Å²) >= 11 is 1.41. The van der Waals surface area contributed by atoms with Gasteiger partial charge in [0.1, 0.15) is 17.6 Å². The molecule has 40 heavy (non-hydrogen) atoms. The van der Waals surface area contributed by atoms with Gasteiger partial charge in [-0.1, -0.05) is 54.1 Å². The van der Waals surface area contributed by atoms with Crippen molar-refractivity contribution < 1.29 is 19.1 Å². The van der Waals surface area contributed by atoms with E-state index < -0.39 is 6.04 Å². The van der Waals surface area contributed by atoms with Crippen molar-refractivity contribution in [3.8, 4) is 5.75 Å². The van der Waals surface area contributed by atoms with Crippen LogP contribution >= 0.6 is 11.3 Å². The Morgan fingerprint density at radius 2 is 1.77 bits per heavy atom. The van der Waals surface area contributed by atoms with E-state index in [0.29, 0.717) is 38.1 Å². The summed E-state index contributed by atoms with van der Waals surface area (Å²) in [6.07, 6.45) is 2.12. The Kier molecular flexibility index (Phi) is 12.2. The lowest BCUT2D eigenvalue weighted by molar-refractivity contribution is -0.138. The highest BCUT2D eigenvalue weighted by Gasteiger charge is 2.33. The number of likely N-dealkylation sites (tertiary alicyclic amines) is 1. The van der Waals surface area contributed by atoms with Gasteiger partial charge in [-0.25, -0.2) is 0 Å². The molecule has 2 heterocycles. The molecule has 0 radical (unpaired) electrons. The molecule has 1 saturated heterocycles. The molecule has 1 aliphatic heterocycles. The van der Waals surface area contributed by atoms with E-state index in [1.54, 1.807) is 11.4 Å². The Morgan fingerprint density at radius 3 is 2.40 bits per heavy atom. The molecule has 1 atom stereocenters. The minimum absolute atomic E-state index is 0.0119. The van der Waals surface area contributed by atoms with Crippen LogP contribution in [0.5, 0.6) is 5.75 Å². The molecule has 2 aromatic carbocycles. The van der Waals surface area contributed by atoms with E-state index in [1.165, 1.54) is 21.8 Å². The molecule has 212 valence electrons. The summed E-state index contributed by atoms with van der Waals surface area (Å²) in [6, 6.07) is 20.9. The normalized spacial score (nSPS) is 14.0. The van der Waals surface area contributed by atoms with Crippen molar-refractivity contribution in [2.24, 2.45) is 5.73 Å². The van der Waals surface area contributed by atoms with Crippen LogP contribution in [0.1, 0.15) is 41.7 Å². The Balaban J connectivity index is 0.000000547. The van der Waals surface area contributed by atoms with Gasteiger partial charge in [-0.3, -0.25) is 19.8 Å². The zero-order chi connectivity index (χ0) is 28.7. The maximum absolute atomic E-state index is 12.6. The summed E-state index contributed by atoms with van der Waals surface area (Å²) in [5, 5.41) is 14.7. The predicted octanol–water partition coefficient (Wildman–Crippen LogP) is 3.61. The van der Waals surface area contributed by atoms with Crippen molar-refractivity contribution in [1.29, 1.82) is 5.41 Å². The number of nitrogen functional groups attached to an aromatic ring is 1. The third-order valence-corrected chi connectivity index (χ3v) is 7.15. The first kappa shape index (κ1) is 30.4. The van der Waals surface area contributed by atoms with Crippen LogP contribution in [0.25, 0.3) is 0 Å². The highest BCUT2D eigenvalue weighted by molar-refractivity contribution is 7.10. The molecule has 1 aliphatic rings. The average Bonchev–Trinajstić information content (AvgIpc) is 3.65. The first-order valence-corrected chi connectivity index (χ1v) is 14.2. The van der Waals surface area contributed by atoms with Gasteiger partial charge in [-0.15, -0.1) is 11.3 Å². The van der Waals surface area contributed by atoms with Crippen LogP contribution < -0.4 is 21.1 Å². The number of thiophene rings is 1. The molecule has 0 spiro atoms. The zero-order valence-electron chi connectivity index (χ0n) is 22.7. The molecule has 3 aromatic rings. The van der Waals surface area contributed by atoms with Crippen molar-refractivity contribution in [2.75, 3.05) is 19.7 Å². The quantitative estimate of drug-likeness (QED) is 0.160. The van der Waals surface area contributed by atoms with Gasteiger partial charge in [0.15, 0.2) is 0 Å². The molecule has 1 unspecified atom stereocenters. The lowest BCUT2D eigenvalue weighted by atomic mass is 10.2. The topological polar surface area (TPSA) is 138 Å². The number of para-hydroxylation sites is 1. The molecule has 0 saturated carbocycles. The van der Waals surface area contributed by atoms with E-state index in [0.717, 1.165) is 17.0 Å². The smallest absolute Gasteiger partial charge is 0.243 e. The molecule has 0 aliphatic carbocycles. The number of benzene rings is 2. The largest absolute Gasteiger partial charge is 0.494 e. The van der Waals surface area contributed by atoms with Crippen LogP contribution in [0, 0.1) is 12.3 Å². The van der Waals surface area contributed by atoms with Gasteiger partial charge in [0.2, 0.25) is 17.7 Å². The van der Waals surface area contributed by atoms with E-state index in [1.807, 2.05) is 48.5 Å². The number of hydrogen-bond acceptors (Lipinski definition) is 6. The van der Waals surface area contributed by atoms with Crippen molar-refractivity contribution >= 4 is 34.9 Å². The fourth-order valence-corrected chi connectivity index (χ4v) is 4.91. The number of carbonyl (C=O) groups excluding carboxylic acids is 3. The van der Waals surface area contributed by atoms with Crippen LogP contribution in [0.15, 0.2) is 72.1 Å². The van der Waals surface area contributed by atoms with Gasteiger partial charge in [-0.05, 0) is 44.4 Å². The molecule has 0 bridgehead atoms. The minimum Gasteiger partial charge on any atom is -0.494 e. The number of amides is 3. The molecule has 10 heteroatoms. The van der Waals surface area contributed by atoms with Gasteiger partial charge in [0.25, 0.3) is 0 Å². The van der Waals surface area contributed by atoms with Crippen molar-refractivity contribution in [3.05, 3.63) is 88.1 Å². The number of nitrogens with zero attached hydrogens (tertiary/aromatic N) is 1. The summed E-state index contributed by atoms with van der Waals surface area (Å²) in [6.45, 7) is 3.18. The monoisotopic (exact) mass is 563 g/mol. The van der Waals surface area contributed by atoms with E-state index in [4.69, 9.17) is 15.9 Å². The first-order chi connectivity index (χ1) is 19.3. The van der Waals surface area contributed by atoms with E-state index >= 15 is 0 Å². The summed E-state index contributed by atoms with van der Waals surface area (Å²) in [7, 11) is 0. The first-order valence-electron chi connectivity index (χ1n) is 13.3. The fraction of sp³-hybridized carbons (Fsp3) is 0.333. The third kappa shape index (κ3) is 10.2. The second kappa shape index (κ2) is 16.0. The fourth-order valence-electron chi connectivity index (χ4n) is 4.08. The summed E-state index contributed by atoms with van der Waals surface area (Å²) in [4.78, 5) is 39.7. The number of aryl methyl sites for hydroxylation is 1. The number of nitrogens with two attached hydrogens (primary N) is 1. The molecule has 5 N–H and O–H groups in total. The Morgan fingerprint density at radius 1 is 1.07 bits per heavy atom. The lowest BCUT2D eigenvalue weighted by Crippen LogP contribution is -2.48. The van der Waals surface area contributed by atoms with Crippen molar-refractivity contribution in [3.63, 3.8) is 0 Å². The number of hydrogen-bond donors (Lipinski definition) is 4. The van der Waals surface area contributed by atoms with E-state index in [9.17, 15) is 14.4 Å². The molecular formula is C30H37N5O4S. The number of carbonyl (C=O) groups is 3. The standard InChI is InChI=1S/C23H29N5O4S.C7H8/c24-22(25)16-12-18(33-15-16)13-27-23(31)19-8-4-10-28(19)21(30)14-26-20(29)9-5-11-32-17-6-2-1-3-7-17;1-7-5-3-2-4-6-7/h1-3,6-7,12,15,19H,4-5,8-11,13-14H2,(H3,24,25)(H,26,29)(H,27,31);2-6H,1H3. The molecule has 4 rings (SSSR count). The summed E-state index contributed by atoms with van der Waals surface area (Å²) in [5.74, 6) is 0.0330. The number of ether oxygens (including phenoxy) is 1. The van der Waals surface area contributed by atoms with E-state index in [-0.39, 0.29) is 36.5 Å². The SMILES string of the molecule is Cc1ccccc1.N=C(N)c1csc(CNC(=O)C2CCCN2C(=O)CNC(=O)CCCOc2ccccc2)c1. The van der Waals surface area contributed by atoms with Gasteiger partial charge >= 0.3 is 0 Å². The average molecular weight is 564 g/mol. The third-order valence-electron chi connectivity index (χ3n) is 6.21. The Bertz CT molecular complexity index is 1250. The molecule has 9 nitrogen and oxygen atoms in total. The van der Waals surface area contributed by atoms with Gasteiger partial charge in [-0.2, -0.15) is 0 Å². The maximum atomic E-state index is 12.6. The Hall–Kier alpha value is -4.18. The van der Waals surface area contributed by atoms with Gasteiger partial charge < -0.3 is 26.0 Å². The second-order valence-electron chi connectivity index (χ2n) is 9.37. The van der Waals surface area contributed by atoms with Gasteiger partial charge in [0.05, 0.1) is 19.7 Å². The van der Waals surface area contributed by atoms with Crippen LogP contribution in [0.4, 0.5) is 0 Å². The predicted molar refractivity (Wildman–Crippen MR) is 157 cm³/mol. The molecule has 3 amide bonds. The number of rotatable bonds is 11. The lowest BCUT2D eigenvalue weighted by Gasteiger charge is -2.24. The van der Waals surface area contributed by atoms with Crippen LogP contribution in [-0.2, 0) is 20.9 Å². The van der Waals surface area contributed by atoms with Crippen molar-refractivity contribution in [2.45, 2.75) is 45.2 Å². The summed E-state index contributed by atoms with van der Waals surface area (Å²) < 4.78 is 5.56. The molecular weight excluding hydrogens is 526 g/mol. The number of amidine groups is 1. The zero-order valence-corrected chi connectivity index (χ0v) is 23.5. The van der Waals surface area contributed by atoms with Crippen molar-refractivity contribution in [1.82, 2.24) is 15.5 Å². The maximum Gasteiger partial charge on any atom is 0.243 e. The van der Waals surface area contributed by atoms with E-state index in [2.05, 4.69) is 29.7 Å². The highest BCUT2D eigenvalue weighted by Crippen LogP contribution is 2.19. The van der Waals surface area contributed by atoms with Crippen LogP contribution in [0.2, 0.25) is 0 Å². The summed E-state index contributed by atoms with van der Waals surface area (Å²) in [5.41, 5.74) is 7.41.